The van der Waals surface area contributed by atoms with Crippen molar-refractivity contribution in [3.05, 3.63) is 34.9 Å². The molecule has 3 heterocycles. The van der Waals surface area contributed by atoms with Gasteiger partial charge >= 0.3 is 19.2 Å². The van der Waals surface area contributed by atoms with E-state index < -0.39 is 23.1 Å². The Morgan fingerprint density at radius 1 is 0.657 bits per heavy atom. The molecule has 11 heteroatoms. The van der Waals surface area contributed by atoms with Crippen LogP contribution in [0.25, 0.3) is 0 Å². The summed E-state index contributed by atoms with van der Waals surface area (Å²) in [5.74, 6) is -0.619. The van der Waals surface area contributed by atoms with E-state index in [2.05, 4.69) is 52.0 Å². The van der Waals surface area contributed by atoms with E-state index >= 15 is 0 Å². The Morgan fingerprint density at radius 2 is 0.886 bits per heavy atom. The van der Waals surface area contributed by atoms with Crippen molar-refractivity contribution >= 4 is 35.0 Å². The predicted molar refractivity (Wildman–Crippen MR) is 135 cm³/mol. The van der Waals surface area contributed by atoms with Crippen LogP contribution in [0.4, 0.5) is 17.3 Å². The normalized spacial score (nSPS) is 29.5. The summed E-state index contributed by atoms with van der Waals surface area (Å²) >= 11 is 0. The first kappa shape index (κ1) is 32.7. The first-order valence-corrected chi connectivity index (χ1v) is 15.1. The maximum atomic E-state index is 12.4. The summed E-state index contributed by atoms with van der Waals surface area (Å²) in [4.78, 5) is 24.7. The monoisotopic (exact) mass is 624 g/mol. The molecule has 0 aromatic carbocycles. The van der Waals surface area contributed by atoms with Crippen LogP contribution in [0.2, 0.25) is 0 Å². The predicted octanol–water partition coefficient (Wildman–Crippen LogP) is 8.36. The Kier molecular flexibility index (Phi) is 14.1. The van der Waals surface area contributed by atoms with Crippen molar-refractivity contribution in [1.29, 1.82) is 0 Å². The number of cyclic esters (lactones) is 2. The second kappa shape index (κ2) is 15.1. The Bertz CT molecular complexity index is 723. The fourth-order valence-electron chi connectivity index (χ4n) is 4.96. The van der Waals surface area contributed by atoms with Gasteiger partial charge in [-0.3, -0.25) is 0 Å². The molecule has 4 atom stereocenters. The molecule has 4 rings (SSSR count). The Labute approximate surface area is 222 Å². The number of esters is 2. The third-order valence-corrected chi connectivity index (χ3v) is 13.4. The largest absolute Gasteiger partial charge is 0.673 e. The zero-order chi connectivity index (χ0) is 25.5. The Balaban J connectivity index is 0.000000363. The molecular formula is C24H36BF4O3P2Rh-. The maximum absolute atomic E-state index is 12.4. The van der Waals surface area contributed by atoms with Crippen molar-refractivity contribution in [2.75, 3.05) is 0 Å². The number of hydrogen-bond acceptors (Lipinski definition) is 3. The molecule has 0 aromatic heterocycles. The molecule has 4 aliphatic rings. The Morgan fingerprint density at radius 3 is 1.11 bits per heavy atom. The van der Waals surface area contributed by atoms with Crippen LogP contribution in [0.15, 0.2) is 34.9 Å². The first-order valence-electron chi connectivity index (χ1n) is 12.2. The smallest absolute Gasteiger partial charge is 0.418 e. The number of carbonyl (C=O) groups excluding carboxylic acids is 2. The molecule has 2 saturated heterocycles. The summed E-state index contributed by atoms with van der Waals surface area (Å²) in [6, 6.07) is 0. The van der Waals surface area contributed by atoms with Gasteiger partial charge in [-0.2, -0.15) is 0 Å². The van der Waals surface area contributed by atoms with Gasteiger partial charge in [-0.05, 0) is 74.0 Å². The van der Waals surface area contributed by atoms with Gasteiger partial charge in [0, 0.05) is 19.5 Å². The number of hydrogen-bond donors (Lipinski definition) is 0. The summed E-state index contributed by atoms with van der Waals surface area (Å²) in [7, 11) is -7.06. The topological polar surface area (TPSA) is 43.4 Å². The van der Waals surface area contributed by atoms with Gasteiger partial charge in [-0.15, -0.1) is 0 Å². The molecule has 0 saturated carbocycles. The quantitative estimate of drug-likeness (QED) is 0.0775. The molecule has 1 radical (unpaired) electrons. The van der Waals surface area contributed by atoms with Gasteiger partial charge in [-0.25, -0.2) is 9.59 Å². The molecule has 2 fully saturated rings. The van der Waals surface area contributed by atoms with Gasteiger partial charge in [0.1, 0.15) is 0 Å². The SMILES string of the molecule is C1=CCCC=CCC1.C[C@H]1CC[C@H](C)P1C1=C(P2[C@@H](C)CC[C@@H]2C)C(=O)OC1=O.F[B-](F)(F)F.[Rh]. The number of rotatable bonds is 2. The van der Waals surface area contributed by atoms with Crippen LogP contribution >= 0.6 is 15.8 Å². The van der Waals surface area contributed by atoms with Gasteiger partial charge in [0.25, 0.3) is 0 Å². The summed E-state index contributed by atoms with van der Waals surface area (Å²) in [6.45, 7) is 8.96. The van der Waals surface area contributed by atoms with E-state index in [-0.39, 0.29) is 31.4 Å². The molecule has 3 nitrogen and oxygen atoms in total. The fraction of sp³-hybridized carbons (Fsp3) is 0.667. The zero-order valence-electron chi connectivity index (χ0n) is 20.8. The molecular weight excluding hydrogens is 588 g/mol. The molecule has 201 valence electrons. The first-order chi connectivity index (χ1) is 15.9. The van der Waals surface area contributed by atoms with E-state index in [1.54, 1.807) is 0 Å². The van der Waals surface area contributed by atoms with E-state index in [0.717, 1.165) is 10.6 Å². The van der Waals surface area contributed by atoms with Crippen molar-refractivity contribution in [1.82, 2.24) is 0 Å². The van der Waals surface area contributed by atoms with E-state index in [0.29, 0.717) is 22.6 Å². The maximum Gasteiger partial charge on any atom is 0.673 e. The number of carbonyl (C=O) groups is 2. The van der Waals surface area contributed by atoms with Crippen molar-refractivity contribution < 1.29 is 51.1 Å². The second-order valence-corrected chi connectivity index (χ2v) is 15.4. The minimum atomic E-state index is -6.00. The van der Waals surface area contributed by atoms with Gasteiger partial charge < -0.3 is 22.0 Å². The number of ether oxygens (including phenoxy) is 1. The minimum Gasteiger partial charge on any atom is -0.418 e. The van der Waals surface area contributed by atoms with Crippen LogP contribution in [-0.2, 0) is 33.8 Å². The van der Waals surface area contributed by atoms with Crippen molar-refractivity contribution in [3.8, 4) is 0 Å². The summed E-state index contributed by atoms with van der Waals surface area (Å²) in [5, 5.41) is 1.67. The van der Waals surface area contributed by atoms with Gasteiger partial charge in [0.05, 0.1) is 10.6 Å². The van der Waals surface area contributed by atoms with E-state index in [1.165, 1.54) is 51.4 Å². The van der Waals surface area contributed by atoms with Gasteiger partial charge in [-0.1, -0.05) is 67.8 Å². The minimum absolute atomic E-state index is 0. The van der Waals surface area contributed by atoms with Crippen LogP contribution < -0.4 is 0 Å². The third-order valence-electron chi connectivity index (χ3n) is 6.55. The van der Waals surface area contributed by atoms with Crippen molar-refractivity contribution in [2.45, 2.75) is 102 Å². The molecule has 0 aromatic rings. The average Bonchev–Trinajstić information content (AvgIpc) is 3.28. The van der Waals surface area contributed by atoms with Crippen LogP contribution in [-0.4, -0.2) is 41.8 Å². The molecule has 0 N–H and O–H groups in total. The van der Waals surface area contributed by atoms with Crippen LogP contribution in [0.1, 0.15) is 79.1 Å². The molecule has 35 heavy (non-hydrogen) atoms. The molecule has 1 aliphatic carbocycles. The van der Waals surface area contributed by atoms with Crippen LogP contribution in [0, 0.1) is 0 Å². The molecule has 3 aliphatic heterocycles. The van der Waals surface area contributed by atoms with E-state index in [1.807, 2.05) is 0 Å². The Hall–Kier alpha value is -0.372. The summed E-state index contributed by atoms with van der Waals surface area (Å²) in [6.07, 6.45) is 18.7. The molecule has 0 spiro atoms. The third kappa shape index (κ3) is 10.1. The summed E-state index contributed by atoms with van der Waals surface area (Å²) < 4.78 is 44.1. The zero-order valence-corrected chi connectivity index (χ0v) is 24.2. The number of halogens is 4. The molecule has 0 bridgehead atoms. The van der Waals surface area contributed by atoms with E-state index in [4.69, 9.17) is 4.74 Å². The van der Waals surface area contributed by atoms with Gasteiger partial charge in [0.15, 0.2) is 0 Å². The van der Waals surface area contributed by atoms with Gasteiger partial charge in [0.2, 0.25) is 0 Å². The standard InChI is InChI=1S/C16H24O3P2.C8H12.BF4.Rh/c1-9-5-6-10(2)20(9)13-14(16(18)19-15(13)17)21-11(3)7-8-12(21)4;1-2-4-6-8-7-5-3-1;2-1(3,4)5;/h9-12H,5-8H2,1-4H3;1-2,7-8H,3-6H2;;/q;;-1;/t9-,10-,11-,12-;;;/m0.../s1. The molecule has 0 unspecified atom stereocenters. The van der Waals surface area contributed by atoms with Crippen molar-refractivity contribution in [2.24, 2.45) is 0 Å². The number of allylic oxidation sites excluding steroid dienone is 4. The second-order valence-electron chi connectivity index (χ2n) is 9.33. The average molecular weight is 624 g/mol. The molecule has 0 amide bonds. The van der Waals surface area contributed by atoms with Crippen molar-refractivity contribution in [3.63, 3.8) is 0 Å². The summed E-state index contributed by atoms with van der Waals surface area (Å²) in [5.41, 5.74) is 2.17. The van der Waals surface area contributed by atoms with Crippen LogP contribution in [0.5, 0.6) is 0 Å². The van der Waals surface area contributed by atoms with Crippen LogP contribution in [0.3, 0.4) is 0 Å². The van der Waals surface area contributed by atoms with E-state index in [9.17, 15) is 26.9 Å². The fourth-order valence-corrected chi connectivity index (χ4v) is 12.0.